The van der Waals surface area contributed by atoms with Gasteiger partial charge in [-0.1, -0.05) is 97.1 Å². The number of aromatic nitrogens is 2. The Morgan fingerprint density at radius 1 is 0.692 bits per heavy atom. The van der Waals surface area contributed by atoms with Crippen molar-refractivity contribution in [2.24, 2.45) is 0 Å². The molecule has 2 aliphatic rings. The van der Waals surface area contributed by atoms with Crippen molar-refractivity contribution in [3.63, 3.8) is 0 Å². The molecular formula is C47H32N3O2-. The lowest BCUT2D eigenvalue weighted by atomic mass is 9.86. The maximum absolute atomic E-state index is 13.4. The fraction of sp³-hybridized carbons (Fsp3) is 0.0426. The van der Waals surface area contributed by atoms with Gasteiger partial charge in [0.1, 0.15) is 0 Å². The van der Waals surface area contributed by atoms with E-state index in [-0.39, 0.29) is 0 Å². The molecule has 5 nitrogen and oxygen atoms in total. The molecule has 0 saturated heterocycles. The van der Waals surface area contributed by atoms with E-state index in [4.69, 9.17) is 0 Å². The van der Waals surface area contributed by atoms with Crippen molar-refractivity contribution >= 4 is 68.2 Å². The van der Waals surface area contributed by atoms with Crippen LogP contribution >= 0.6 is 0 Å². The number of hydrogen-bond acceptors (Lipinski definition) is 3. The molecule has 1 aliphatic carbocycles. The lowest BCUT2D eigenvalue weighted by Gasteiger charge is -2.31. The fourth-order valence-electron chi connectivity index (χ4n) is 8.26. The lowest BCUT2D eigenvalue weighted by Crippen LogP contribution is -2.06. The molecule has 0 N–H and O–H groups in total. The van der Waals surface area contributed by atoms with Gasteiger partial charge in [-0.2, -0.15) is 0 Å². The fourth-order valence-corrected chi connectivity index (χ4v) is 8.26. The monoisotopic (exact) mass is 670 g/mol. The second-order valence-corrected chi connectivity index (χ2v) is 13.5. The molecule has 1 unspecified atom stereocenters. The topological polar surface area (TPSA) is 53.2 Å². The SMILES string of the molecule is O=C/C(=C\C=C\n1c2ccccc2c2ccccc21)c1ccc(N([O-])c2ccc(-c3ccc4c(c3)C3CC=Cc5c3n-4c3ccccc53)cc2)cc1. The first-order valence-corrected chi connectivity index (χ1v) is 17.6. The Hall–Kier alpha value is -6.69. The van der Waals surface area contributed by atoms with E-state index in [1.54, 1.807) is 12.1 Å². The first-order chi connectivity index (χ1) is 25.7. The average molecular weight is 671 g/mol. The zero-order chi connectivity index (χ0) is 34.8. The highest BCUT2D eigenvalue weighted by Crippen LogP contribution is 2.49. The standard InChI is InChI=1S/C47H32N3O2/c51-30-34(9-8-28-48-43-15-4-1-10-37(43)38-11-2-5-16-44(38)48)32-20-25-36(26-21-32)50(52)35-23-18-31(19-24-35)33-22-27-46-42(29-33)41-14-7-13-40-39-12-3-6-17-45(39)49(46)47(40)41/h1-13,15-30,41H,14H2/q-1/b28-8+,34-9+. The molecule has 0 amide bonds. The van der Waals surface area contributed by atoms with Crippen LogP contribution in [0, 0.1) is 5.21 Å². The van der Waals surface area contributed by atoms with Crippen LogP contribution in [-0.2, 0) is 4.79 Å². The molecule has 0 radical (unpaired) electrons. The third-order valence-corrected chi connectivity index (χ3v) is 10.7. The third kappa shape index (κ3) is 4.64. The highest BCUT2D eigenvalue weighted by Gasteiger charge is 2.34. The van der Waals surface area contributed by atoms with Crippen molar-refractivity contribution in [2.45, 2.75) is 12.3 Å². The largest absolute Gasteiger partial charge is 0.754 e. The van der Waals surface area contributed by atoms with Gasteiger partial charge in [-0.25, -0.2) is 0 Å². The predicted octanol–water partition coefficient (Wildman–Crippen LogP) is 11.7. The molecule has 2 aromatic heterocycles. The highest BCUT2D eigenvalue weighted by atomic mass is 16.5. The predicted molar refractivity (Wildman–Crippen MR) is 215 cm³/mol. The summed E-state index contributed by atoms with van der Waals surface area (Å²) in [6.07, 6.45) is 12.1. The van der Waals surface area contributed by atoms with E-state index in [9.17, 15) is 10.0 Å². The van der Waals surface area contributed by atoms with Gasteiger partial charge < -0.3 is 19.4 Å². The van der Waals surface area contributed by atoms with Crippen LogP contribution in [0.2, 0.25) is 0 Å². The van der Waals surface area contributed by atoms with Crippen LogP contribution < -0.4 is 5.06 Å². The van der Waals surface area contributed by atoms with Crippen LogP contribution in [0.3, 0.4) is 0 Å². The summed E-state index contributed by atoms with van der Waals surface area (Å²) in [5.74, 6) is 0.340. The van der Waals surface area contributed by atoms with E-state index in [1.807, 2.05) is 79.0 Å². The van der Waals surface area contributed by atoms with Gasteiger partial charge in [0.05, 0.1) is 16.6 Å². The number of aldehydes is 1. The molecule has 3 heterocycles. The second-order valence-electron chi connectivity index (χ2n) is 13.5. The Bertz CT molecular complexity index is 2740. The first kappa shape index (κ1) is 30.2. The zero-order valence-electron chi connectivity index (χ0n) is 28.2. The van der Waals surface area contributed by atoms with E-state index >= 15 is 0 Å². The number of carbonyl (C=O) groups excluding carboxylic acids is 1. The summed E-state index contributed by atoms with van der Waals surface area (Å²) in [6, 6.07) is 47.0. The molecule has 8 aromatic rings. The quantitative estimate of drug-likeness (QED) is 0.0734. The van der Waals surface area contributed by atoms with Crippen LogP contribution in [0.25, 0.3) is 67.4 Å². The number of benzene rings is 6. The molecule has 0 fully saturated rings. The Balaban J connectivity index is 0.880. The molecule has 0 saturated carbocycles. The van der Waals surface area contributed by atoms with Crippen molar-refractivity contribution in [3.8, 4) is 16.8 Å². The van der Waals surface area contributed by atoms with Gasteiger partial charge in [0.15, 0.2) is 6.29 Å². The molecule has 52 heavy (non-hydrogen) atoms. The van der Waals surface area contributed by atoms with Gasteiger partial charge in [0.2, 0.25) is 0 Å². The number of carbonyl (C=O) groups is 1. The minimum atomic E-state index is 0.340. The average Bonchev–Trinajstić information content (AvgIpc) is 3.84. The Kier molecular flexibility index (Phi) is 6.95. The molecular weight excluding hydrogens is 639 g/mol. The molecule has 10 rings (SSSR count). The highest BCUT2D eigenvalue weighted by molar-refractivity contribution is 6.10. The number of allylic oxidation sites excluding steroid dienone is 4. The molecule has 1 aliphatic heterocycles. The summed E-state index contributed by atoms with van der Waals surface area (Å²) in [6.45, 7) is 0. The molecule has 248 valence electrons. The number of para-hydroxylation sites is 3. The summed E-state index contributed by atoms with van der Waals surface area (Å²) < 4.78 is 4.58. The van der Waals surface area contributed by atoms with Gasteiger partial charge in [0.25, 0.3) is 0 Å². The van der Waals surface area contributed by atoms with E-state index in [0.29, 0.717) is 22.9 Å². The maximum atomic E-state index is 13.4. The summed E-state index contributed by atoms with van der Waals surface area (Å²) in [7, 11) is 0. The van der Waals surface area contributed by atoms with Gasteiger partial charge in [-0.15, -0.1) is 0 Å². The summed E-state index contributed by atoms with van der Waals surface area (Å²) >= 11 is 0. The number of anilines is 2. The Labute approximate surface area is 300 Å². The summed E-state index contributed by atoms with van der Waals surface area (Å²) in [4.78, 5) is 12.1. The van der Waals surface area contributed by atoms with Crippen molar-refractivity contribution in [2.75, 3.05) is 5.06 Å². The van der Waals surface area contributed by atoms with Crippen LogP contribution in [-0.4, -0.2) is 15.4 Å². The summed E-state index contributed by atoms with van der Waals surface area (Å²) in [5, 5.41) is 18.1. The van der Waals surface area contributed by atoms with E-state index < -0.39 is 0 Å². The molecule has 1 atom stereocenters. The lowest BCUT2D eigenvalue weighted by molar-refractivity contribution is -0.103. The van der Waals surface area contributed by atoms with E-state index in [1.165, 1.54) is 44.2 Å². The van der Waals surface area contributed by atoms with Crippen molar-refractivity contribution in [1.82, 2.24) is 9.13 Å². The van der Waals surface area contributed by atoms with Crippen molar-refractivity contribution in [3.05, 3.63) is 185 Å². The third-order valence-electron chi connectivity index (χ3n) is 10.7. The Morgan fingerprint density at radius 3 is 2.00 bits per heavy atom. The van der Waals surface area contributed by atoms with E-state index in [2.05, 4.69) is 88.0 Å². The van der Waals surface area contributed by atoms with E-state index in [0.717, 1.165) is 45.5 Å². The smallest absolute Gasteiger partial charge is 0.150 e. The van der Waals surface area contributed by atoms with Crippen LogP contribution in [0.5, 0.6) is 0 Å². The van der Waals surface area contributed by atoms with Gasteiger partial charge in [0, 0.05) is 62.2 Å². The number of rotatable bonds is 7. The number of fused-ring (bicyclic) bond motifs is 9. The van der Waals surface area contributed by atoms with Crippen molar-refractivity contribution in [1.29, 1.82) is 0 Å². The van der Waals surface area contributed by atoms with Gasteiger partial charge >= 0.3 is 0 Å². The van der Waals surface area contributed by atoms with Gasteiger partial charge in [-0.3, -0.25) is 4.79 Å². The second kappa shape index (κ2) is 12.0. The van der Waals surface area contributed by atoms with Crippen LogP contribution in [0.15, 0.2) is 158 Å². The minimum absolute atomic E-state index is 0.340. The summed E-state index contributed by atoms with van der Waals surface area (Å²) in [5.41, 5.74) is 13.3. The molecule has 6 aromatic carbocycles. The van der Waals surface area contributed by atoms with Crippen LogP contribution in [0.1, 0.15) is 34.7 Å². The first-order valence-electron chi connectivity index (χ1n) is 17.6. The minimum Gasteiger partial charge on any atom is -0.754 e. The normalized spacial score (nSPS) is 14.8. The maximum Gasteiger partial charge on any atom is 0.150 e. The van der Waals surface area contributed by atoms with Crippen molar-refractivity contribution < 1.29 is 4.79 Å². The molecule has 0 spiro atoms. The van der Waals surface area contributed by atoms with Crippen LogP contribution in [0.4, 0.5) is 11.4 Å². The zero-order valence-corrected chi connectivity index (χ0v) is 28.2. The Morgan fingerprint density at radius 2 is 1.31 bits per heavy atom. The number of nitrogens with zero attached hydrogens (tertiary/aromatic N) is 3. The van der Waals surface area contributed by atoms with Gasteiger partial charge in [-0.05, 0) is 95.4 Å². The number of hydrogen-bond donors (Lipinski definition) is 0. The molecule has 5 heteroatoms. The molecule has 0 bridgehead atoms.